The van der Waals surface area contributed by atoms with Gasteiger partial charge in [-0.05, 0) is 38.6 Å². The van der Waals surface area contributed by atoms with E-state index < -0.39 is 5.97 Å². The first-order chi connectivity index (χ1) is 11.0. The van der Waals surface area contributed by atoms with Crippen LogP contribution in [0.3, 0.4) is 0 Å². The van der Waals surface area contributed by atoms with Crippen LogP contribution in [0.2, 0.25) is 0 Å². The number of carboxylic acids is 1. The van der Waals surface area contributed by atoms with E-state index in [1.807, 2.05) is 7.05 Å². The zero-order valence-electron chi connectivity index (χ0n) is 13.8. The van der Waals surface area contributed by atoms with Gasteiger partial charge in [0.2, 0.25) is 0 Å². The quantitative estimate of drug-likeness (QED) is 0.845. The van der Waals surface area contributed by atoms with Crippen LogP contribution in [0, 0.1) is 6.92 Å². The lowest BCUT2D eigenvalue weighted by atomic mass is 10.1. The van der Waals surface area contributed by atoms with Crippen molar-refractivity contribution in [3.05, 3.63) is 65.2 Å². The Morgan fingerprint density at radius 1 is 1.17 bits per heavy atom. The molecule has 0 saturated heterocycles. The molecule has 0 aromatic heterocycles. The molecule has 0 amide bonds. The average Bonchev–Trinajstić information content (AvgIpc) is 2.55. The third-order valence-corrected chi connectivity index (χ3v) is 4.04. The first-order valence-electron chi connectivity index (χ1n) is 7.71. The molecule has 0 fully saturated rings. The average molecular weight is 313 g/mol. The molecule has 23 heavy (non-hydrogen) atoms. The first-order valence-corrected chi connectivity index (χ1v) is 7.71. The van der Waals surface area contributed by atoms with Gasteiger partial charge in [-0.1, -0.05) is 42.0 Å². The van der Waals surface area contributed by atoms with E-state index in [4.69, 9.17) is 9.84 Å². The number of likely N-dealkylation sites (N-methyl/N-ethyl adjacent to an activating group) is 1. The van der Waals surface area contributed by atoms with Crippen molar-refractivity contribution in [1.29, 1.82) is 0 Å². The molecule has 0 saturated carbocycles. The van der Waals surface area contributed by atoms with Crippen molar-refractivity contribution < 1.29 is 14.6 Å². The second-order valence-corrected chi connectivity index (χ2v) is 5.72. The number of carbonyl (C=O) groups is 1. The summed E-state index contributed by atoms with van der Waals surface area (Å²) in [6.07, 6.45) is 0. The van der Waals surface area contributed by atoms with E-state index in [9.17, 15) is 4.79 Å². The lowest BCUT2D eigenvalue weighted by Gasteiger charge is -2.25. The summed E-state index contributed by atoms with van der Waals surface area (Å²) in [5, 5.41) is 9.14. The summed E-state index contributed by atoms with van der Waals surface area (Å²) in [5.74, 6) is -0.557. The highest BCUT2D eigenvalue weighted by Crippen LogP contribution is 2.20. The van der Waals surface area contributed by atoms with Gasteiger partial charge in [-0.15, -0.1) is 0 Å². The van der Waals surface area contributed by atoms with E-state index in [1.165, 1.54) is 11.1 Å². The normalized spacial score (nSPS) is 12.2. The standard InChI is InChI=1S/C19H23NO3/c1-14-8-10-16(11-9-14)15(2)20(3)12-13-23-18-7-5-4-6-17(18)19(21)22/h4-11,15H,12-13H2,1-3H3,(H,21,22). The maximum Gasteiger partial charge on any atom is 0.339 e. The molecule has 2 aromatic carbocycles. The number of ether oxygens (including phenoxy) is 1. The molecular weight excluding hydrogens is 290 g/mol. The number of benzene rings is 2. The minimum Gasteiger partial charge on any atom is -0.491 e. The number of para-hydroxylation sites is 1. The summed E-state index contributed by atoms with van der Waals surface area (Å²) in [5.41, 5.74) is 2.70. The Labute approximate surface area is 137 Å². The van der Waals surface area contributed by atoms with Gasteiger partial charge in [0.1, 0.15) is 17.9 Å². The summed E-state index contributed by atoms with van der Waals surface area (Å²) in [6, 6.07) is 15.5. The fourth-order valence-electron chi connectivity index (χ4n) is 2.36. The second-order valence-electron chi connectivity index (χ2n) is 5.72. The van der Waals surface area contributed by atoms with Crippen molar-refractivity contribution in [2.75, 3.05) is 20.2 Å². The monoisotopic (exact) mass is 313 g/mol. The van der Waals surface area contributed by atoms with E-state index >= 15 is 0 Å². The van der Waals surface area contributed by atoms with E-state index in [0.717, 1.165) is 0 Å². The van der Waals surface area contributed by atoms with E-state index in [0.29, 0.717) is 18.9 Å². The van der Waals surface area contributed by atoms with Crippen LogP contribution < -0.4 is 4.74 Å². The van der Waals surface area contributed by atoms with Crippen molar-refractivity contribution in [2.45, 2.75) is 19.9 Å². The number of aromatic carboxylic acids is 1. The number of hydrogen-bond donors (Lipinski definition) is 1. The largest absolute Gasteiger partial charge is 0.491 e. The molecule has 0 aliphatic carbocycles. The van der Waals surface area contributed by atoms with Crippen molar-refractivity contribution in [1.82, 2.24) is 4.90 Å². The van der Waals surface area contributed by atoms with Crippen molar-refractivity contribution in [2.24, 2.45) is 0 Å². The van der Waals surface area contributed by atoms with Gasteiger partial charge in [0.05, 0.1) is 0 Å². The Bertz CT molecular complexity index is 652. The zero-order chi connectivity index (χ0) is 16.8. The number of aryl methyl sites for hydroxylation is 1. The molecule has 0 radical (unpaired) electrons. The molecule has 0 bridgehead atoms. The molecule has 1 unspecified atom stereocenters. The number of nitrogens with zero attached hydrogens (tertiary/aromatic N) is 1. The van der Waals surface area contributed by atoms with Gasteiger partial charge in [-0.3, -0.25) is 4.90 Å². The Balaban J connectivity index is 1.91. The van der Waals surface area contributed by atoms with Crippen molar-refractivity contribution in [3.8, 4) is 5.75 Å². The maximum atomic E-state index is 11.1. The molecule has 0 aliphatic rings. The van der Waals surface area contributed by atoms with Gasteiger partial charge >= 0.3 is 5.97 Å². The minimum absolute atomic E-state index is 0.196. The SMILES string of the molecule is Cc1ccc(C(C)N(C)CCOc2ccccc2C(=O)O)cc1. The van der Waals surface area contributed by atoms with E-state index in [2.05, 4.69) is 43.0 Å². The molecule has 0 spiro atoms. The number of carboxylic acid groups (broad SMARTS) is 1. The fourth-order valence-corrected chi connectivity index (χ4v) is 2.36. The predicted octanol–water partition coefficient (Wildman–Crippen LogP) is 3.77. The summed E-state index contributed by atoms with van der Waals surface area (Å²) < 4.78 is 5.65. The van der Waals surface area contributed by atoms with Crippen LogP contribution in [0.25, 0.3) is 0 Å². The summed E-state index contributed by atoms with van der Waals surface area (Å²) in [6.45, 7) is 5.38. The van der Waals surface area contributed by atoms with Crippen molar-refractivity contribution >= 4 is 5.97 Å². The van der Waals surface area contributed by atoms with Crippen LogP contribution in [0.5, 0.6) is 5.75 Å². The molecule has 4 heteroatoms. The second kappa shape index (κ2) is 7.79. The summed E-state index contributed by atoms with van der Waals surface area (Å²) in [7, 11) is 2.04. The highest BCUT2D eigenvalue weighted by Gasteiger charge is 2.13. The lowest BCUT2D eigenvalue weighted by molar-refractivity contribution is 0.0691. The van der Waals surface area contributed by atoms with Gasteiger partial charge in [0.25, 0.3) is 0 Å². The number of hydrogen-bond acceptors (Lipinski definition) is 3. The van der Waals surface area contributed by atoms with Gasteiger partial charge in [-0.2, -0.15) is 0 Å². The molecule has 2 rings (SSSR count). The van der Waals surface area contributed by atoms with Crippen LogP contribution in [0.15, 0.2) is 48.5 Å². The van der Waals surface area contributed by atoms with Gasteiger partial charge in [0.15, 0.2) is 0 Å². The molecule has 1 N–H and O–H groups in total. The molecule has 122 valence electrons. The van der Waals surface area contributed by atoms with Crippen LogP contribution in [-0.2, 0) is 0 Å². The van der Waals surface area contributed by atoms with Crippen LogP contribution in [-0.4, -0.2) is 36.2 Å². The fraction of sp³-hybridized carbons (Fsp3) is 0.316. The Morgan fingerprint density at radius 3 is 2.48 bits per heavy atom. The highest BCUT2D eigenvalue weighted by molar-refractivity contribution is 5.90. The molecule has 1 atom stereocenters. The van der Waals surface area contributed by atoms with Crippen LogP contribution in [0.4, 0.5) is 0 Å². The van der Waals surface area contributed by atoms with Crippen LogP contribution >= 0.6 is 0 Å². The zero-order valence-corrected chi connectivity index (χ0v) is 13.8. The molecule has 2 aromatic rings. The van der Waals surface area contributed by atoms with Gasteiger partial charge < -0.3 is 9.84 Å². The summed E-state index contributed by atoms with van der Waals surface area (Å²) >= 11 is 0. The third-order valence-electron chi connectivity index (χ3n) is 4.04. The van der Waals surface area contributed by atoms with Gasteiger partial charge in [-0.25, -0.2) is 4.79 Å². The lowest BCUT2D eigenvalue weighted by Crippen LogP contribution is -2.27. The van der Waals surface area contributed by atoms with Gasteiger partial charge in [0, 0.05) is 12.6 Å². The molecule has 4 nitrogen and oxygen atoms in total. The topological polar surface area (TPSA) is 49.8 Å². The highest BCUT2D eigenvalue weighted by atomic mass is 16.5. The third kappa shape index (κ3) is 4.57. The van der Waals surface area contributed by atoms with Crippen LogP contribution in [0.1, 0.15) is 34.5 Å². The molecule has 0 aliphatic heterocycles. The predicted molar refractivity (Wildman–Crippen MR) is 91.1 cm³/mol. The van der Waals surface area contributed by atoms with E-state index in [-0.39, 0.29) is 11.6 Å². The minimum atomic E-state index is -0.970. The van der Waals surface area contributed by atoms with Crippen molar-refractivity contribution in [3.63, 3.8) is 0 Å². The Morgan fingerprint density at radius 2 is 1.83 bits per heavy atom. The van der Waals surface area contributed by atoms with E-state index in [1.54, 1.807) is 24.3 Å². The summed E-state index contributed by atoms with van der Waals surface area (Å²) in [4.78, 5) is 13.3. The smallest absolute Gasteiger partial charge is 0.339 e. The maximum absolute atomic E-state index is 11.1. The molecular formula is C19H23NO3. The Kier molecular flexibility index (Phi) is 5.77. The first kappa shape index (κ1) is 17.0. The number of rotatable bonds is 7. The molecule has 0 heterocycles. The Hall–Kier alpha value is -2.33.